The fraction of sp³-hybridized carbons (Fsp3) is 0.333. The zero-order chi connectivity index (χ0) is 63.4. The second kappa shape index (κ2) is 33.9. The molecule has 6 rings (SSSR count). The summed E-state index contributed by atoms with van der Waals surface area (Å²) < 4.78 is 198. The summed E-state index contributed by atoms with van der Waals surface area (Å²) in [6.07, 6.45) is -12.1. The lowest BCUT2D eigenvalue weighted by atomic mass is 9.94. The van der Waals surface area contributed by atoms with Gasteiger partial charge in [-0.15, -0.1) is 0 Å². The molecular weight excluding hydrogens is 1280 g/mol. The third-order valence-electron chi connectivity index (χ3n) is 12.0. The maximum Gasteiger partial charge on any atom is 0.408 e. The number of ether oxygens (including phenoxy) is 1. The van der Waals surface area contributed by atoms with Crippen LogP contribution < -0.4 is 20.4 Å². The number of carbonyl (C=O) groups is 4. The molecule has 0 saturated heterocycles. The van der Waals surface area contributed by atoms with Crippen molar-refractivity contribution in [3.05, 3.63) is 157 Å². The Morgan fingerprint density at radius 3 is 1.48 bits per heavy atom. The highest BCUT2D eigenvalue weighted by molar-refractivity contribution is 9.10. The minimum absolute atomic E-state index is 0. The number of fused-ring (bicyclic) bond motifs is 1. The second-order valence-electron chi connectivity index (χ2n) is 17.4. The normalized spacial score (nSPS) is 12.2. The van der Waals surface area contributed by atoms with Crippen LogP contribution in [-0.2, 0) is 16.0 Å². The summed E-state index contributed by atoms with van der Waals surface area (Å²) in [5.74, 6) is -13.4. The highest BCUT2D eigenvalue weighted by Gasteiger charge is 2.41. The van der Waals surface area contributed by atoms with Crippen LogP contribution in [0.3, 0.4) is 0 Å². The van der Waals surface area contributed by atoms with Crippen LogP contribution in [0.5, 0.6) is 0 Å². The number of hydrogen-bond donors (Lipinski definition) is 4. The van der Waals surface area contributed by atoms with Crippen molar-refractivity contribution in [3.63, 3.8) is 0 Å². The van der Waals surface area contributed by atoms with Gasteiger partial charge in [0.2, 0.25) is 0 Å². The molecule has 13 nitrogen and oxygen atoms in total. The number of nitrogens with zero attached hydrogens (tertiary/aromatic N) is 4. The summed E-state index contributed by atoms with van der Waals surface area (Å²) in [6.45, 7) is 2.69. The lowest BCUT2D eigenvalue weighted by molar-refractivity contribution is -0.150. The predicted molar refractivity (Wildman–Crippen MR) is 304 cm³/mol. The Kier molecular flexibility index (Phi) is 31.7. The first-order valence-electron chi connectivity index (χ1n) is 23.2. The van der Waals surface area contributed by atoms with Gasteiger partial charge in [0, 0.05) is 64.1 Å². The average Bonchev–Trinajstić information content (AvgIpc) is 1.41. The quantitative estimate of drug-likeness (QED) is 0.0635. The number of nitriles is 1. The second-order valence-corrected chi connectivity index (χ2v) is 18.7. The number of aliphatic carboxylic acids is 1. The van der Waals surface area contributed by atoms with E-state index in [9.17, 15) is 90.1 Å². The van der Waals surface area contributed by atoms with Gasteiger partial charge in [-0.1, -0.05) is 81.5 Å². The summed E-state index contributed by atoms with van der Waals surface area (Å²) >= 11 is 9.28. The van der Waals surface area contributed by atoms with Crippen LogP contribution in [0.2, 0.25) is 5.02 Å². The van der Waals surface area contributed by atoms with E-state index in [4.69, 9.17) is 22.0 Å². The number of carboxylic acids is 2. The number of hydrogen-bond acceptors (Lipinski definition) is 10. The van der Waals surface area contributed by atoms with E-state index in [1.165, 1.54) is 19.3 Å². The van der Waals surface area contributed by atoms with Gasteiger partial charge in [0.15, 0.2) is 0 Å². The zero-order valence-corrected chi connectivity index (χ0v) is 46.1. The highest BCUT2D eigenvalue weighted by atomic mass is 79.9. The van der Waals surface area contributed by atoms with Gasteiger partial charge in [0.25, 0.3) is 5.91 Å². The van der Waals surface area contributed by atoms with Crippen molar-refractivity contribution in [2.75, 3.05) is 38.1 Å². The molecule has 5 aromatic carbocycles. The molecule has 1 heterocycles. The Balaban J connectivity index is 0. The first-order valence-corrected chi connectivity index (χ1v) is 24.4. The van der Waals surface area contributed by atoms with Gasteiger partial charge in [0.05, 0.1) is 24.3 Å². The molecule has 4 atom stereocenters. The number of halogens is 17. The van der Waals surface area contributed by atoms with Crippen LogP contribution in [-0.4, -0.2) is 110 Å². The molecule has 30 heteroatoms. The Hall–Kier alpha value is -7.84. The number of benzene rings is 5. The molecule has 0 aliphatic rings. The van der Waals surface area contributed by atoms with Crippen LogP contribution in [0.15, 0.2) is 89.5 Å². The van der Waals surface area contributed by atoms with Crippen LogP contribution in [0.4, 0.5) is 77.2 Å². The van der Waals surface area contributed by atoms with E-state index in [2.05, 4.69) is 36.3 Å². The third-order valence-corrected chi connectivity index (χ3v) is 12.8. The van der Waals surface area contributed by atoms with Crippen molar-refractivity contribution < 1.29 is 100.0 Å². The van der Waals surface area contributed by atoms with E-state index in [1.807, 2.05) is 6.07 Å². The standard InChI is InChI=1S/C30H22ClF5N4O3.C11H10F5NO2.C8H5BrF2O2.C4H8F3N.4CH4/c1-15(30(34,35)36)40(2)18-12-23(32)26(24(33)13-18)28(41)39-25(29(42)43)11-17-6-8-21(27-19(17)4-3-9-38-27)20-7-5-16(14-37)10-22(20)31;1-5(11(14,15)16)17(2)6-3-7(12)9(10(18)19)8(13)4-6;1-13-8(12)7-5(10)2-4(9)3-6(7)11;1-3(8-2)4(5,6)7;;;;/h3-10,12-13,15,25H,11H2,1-2H3,(H,39,41)(H,42,43);3-5H,1-2H3,(H,18,19);2-3H,1H3;3,8H,1-2H3;4*1H4/t15-,25+;5-;;3-;;;;/m11.1..../s1. The maximum absolute atomic E-state index is 14.9. The summed E-state index contributed by atoms with van der Waals surface area (Å²) in [6, 6.07) is 10.4. The molecule has 480 valence electrons. The Bertz CT molecular complexity index is 3320. The molecular formula is C57H61BrClF15N6O7. The number of anilines is 2. The van der Waals surface area contributed by atoms with E-state index in [1.54, 1.807) is 36.4 Å². The van der Waals surface area contributed by atoms with E-state index < -0.39 is 129 Å². The minimum Gasteiger partial charge on any atom is -0.480 e. The van der Waals surface area contributed by atoms with E-state index in [0.29, 0.717) is 72.2 Å². The zero-order valence-electron chi connectivity index (χ0n) is 43.7. The third kappa shape index (κ3) is 21.5. The Morgan fingerprint density at radius 2 is 1.11 bits per heavy atom. The number of pyridine rings is 1. The van der Waals surface area contributed by atoms with Crippen molar-refractivity contribution in [2.24, 2.45) is 0 Å². The summed E-state index contributed by atoms with van der Waals surface area (Å²) in [5, 5.41) is 32.5. The monoisotopic (exact) mass is 1340 g/mol. The molecule has 0 aliphatic carbocycles. The van der Waals surface area contributed by atoms with Gasteiger partial charge in [-0.05, 0) is 88.0 Å². The van der Waals surface area contributed by atoms with Crippen molar-refractivity contribution in [3.8, 4) is 17.2 Å². The fourth-order valence-corrected chi connectivity index (χ4v) is 7.60. The van der Waals surface area contributed by atoms with Crippen LogP contribution in [0, 0.1) is 46.2 Å². The van der Waals surface area contributed by atoms with Gasteiger partial charge in [0.1, 0.15) is 75.8 Å². The Morgan fingerprint density at radius 1 is 0.678 bits per heavy atom. The van der Waals surface area contributed by atoms with Gasteiger partial charge in [-0.3, -0.25) is 9.78 Å². The first kappa shape index (κ1) is 81.2. The molecule has 6 aromatic rings. The van der Waals surface area contributed by atoms with Crippen LogP contribution >= 0.6 is 27.5 Å². The van der Waals surface area contributed by atoms with Gasteiger partial charge >= 0.3 is 36.4 Å². The SMILES string of the molecule is C.C.C.C.CN[C@H](C)C(F)(F)F.COC(=O)c1c(F)cc(Br)cc1F.C[C@@H](N(C)c1cc(F)c(C(=O)N[C@@H](Cc2ccc(-c3ccc(C#N)cc3Cl)c3ncccc23)C(=O)O)c(F)c1)C(F)(F)F.C[C@@H](N(C)c1cc(F)c(C(=O)O)c(F)c1)C(F)(F)F. The first-order chi connectivity index (χ1) is 38.3. The van der Waals surface area contributed by atoms with Crippen molar-refractivity contribution in [1.29, 1.82) is 5.26 Å². The highest BCUT2D eigenvalue weighted by Crippen LogP contribution is 2.36. The number of nitrogens with one attached hydrogen (secondary N) is 2. The maximum atomic E-state index is 14.9. The smallest absolute Gasteiger partial charge is 0.408 e. The van der Waals surface area contributed by atoms with Crippen molar-refractivity contribution in [1.82, 2.24) is 15.6 Å². The van der Waals surface area contributed by atoms with Crippen molar-refractivity contribution >= 4 is 73.6 Å². The number of rotatable bonds is 13. The Labute approximate surface area is 504 Å². The fourth-order valence-electron chi connectivity index (χ4n) is 6.92. The number of alkyl halides is 9. The average molecular weight is 1340 g/mol. The molecule has 4 N–H and O–H groups in total. The molecule has 0 bridgehead atoms. The van der Waals surface area contributed by atoms with E-state index in [0.717, 1.165) is 54.1 Å². The molecule has 1 amide bonds. The minimum atomic E-state index is -4.68. The van der Waals surface area contributed by atoms with Crippen molar-refractivity contribution in [2.45, 2.75) is 99.6 Å². The topological polar surface area (TPSA) is 185 Å². The molecule has 0 radical (unpaired) electrons. The van der Waals surface area contributed by atoms with Gasteiger partial charge < -0.3 is 35.4 Å². The molecule has 0 saturated carbocycles. The summed E-state index contributed by atoms with van der Waals surface area (Å²) in [5.41, 5.74) is -1.47. The molecule has 1 aromatic heterocycles. The molecule has 0 aliphatic heterocycles. The molecule has 0 spiro atoms. The summed E-state index contributed by atoms with van der Waals surface area (Å²) in [7, 11) is 4.33. The number of esters is 1. The summed E-state index contributed by atoms with van der Waals surface area (Å²) in [4.78, 5) is 52.0. The van der Waals surface area contributed by atoms with E-state index in [-0.39, 0.29) is 40.6 Å². The van der Waals surface area contributed by atoms with Gasteiger partial charge in [-0.2, -0.15) is 44.8 Å². The molecule has 87 heavy (non-hydrogen) atoms. The van der Waals surface area contributed by atoms with Crippen LogP contribution in [0.1, 0.15) is 92.7 Å². The molecule has 0 unspecified atom stereocenters. The number of amides is 1. The number of aromatic nitrogens is 1. The van der Waals surface area contributed by atoms with Crippen LogP contribution in [0.25, 0.3) is 22.0 Å². The number of aromatic carboxylic acids is 1. The van der Waals surface area contributed by atoms with Gasteiger partial charge in [-0.25, -0.2) is 40.7 Å². The largest absolute Gasteiger partial charge is 0.480 e. The lowest BCUT2D eigenvalue weighted by Crippen LogP contribution is -2.43. The number of methoxy groups -OCH3 is 1. The van der Waals surface area contributed by atoms with E-state index >= 15 is 0 Å². The number of carboxylic acid groups (broad SMARTS) is 2. The lowest BCUT2D eigenvalue weighted by Gasteiger charge is -2.29. The molecule has 0 fully saturated rings. The number of carbonyl (C=O) groups excluding carboxylic acids is 2. The predicted octanol–water partition coefficient (Wildman–Crippen LogP) is 15.8.